The molecule has 9 nitrogen and oxygen atoms in total. The molecule has 1 N–H and O–H groups in total. The van der Waals surface area contributed by atoms with E-state index in [4.69, 9.17) is 11.6 Å². The largest absolute Gasteiger partial charge is 0.343 e. The molecule has 0 amide bonds. The average molecular weight is 404 g/mol. The molecule has 3 rings (SSSR count). The summed E-state index contributed by atoms with van der Waals surface area (Å²) in [5.41, 5.74) is -0.176. The van der Waals surface area contributed by atoms with E-state index in [1.54, 1.807) is 30.3 Å². The van der Waals surface area contributed by atoms with Gasteiger partial charge in [-0.1, -0.05) is 29.4 Å². The van der Waals surface area contributed by atoms with Crippen molar-refractivity contribution in [3.8, 4) is 0 Å². The van der Waals surface area contributed by atoms with Crippen molar-refractivity contribution in [2.45, 2.75) is 9.92 Å². The summed E-state index contributed by atoms with van der Waals surface area (Å²) in [7, 11) is 0. The van der Waals surface area contributed by atoms with E-state index in [1.165, 1.54) is 24.5 Å². The van der Waals surface area contributed by atoms with Crippen LogP contribution in [0, 0.1) is 20.2 Å². The van der Waals surface area contributed by atoms with Crippen LogP contribution in [-0.2, 0) is 0 Å². The van der Waals surface area contributed by atoms with Gasteiger partial charge in [0.25, 0.3) is 5.69 Å². The molecule has 0 fully saturated rings. The number of aromatic nitrogens is 2. The molecule has 0 aliphatic rings. The smallest absolute Gasteiger partial charge is 0.334 e. The third kappa shape index (κ3) is 4.49. The molecule has 1 aromatic heterocycles. The van der Waals surface area contributed by atoms with Crippen LogP contribution < -0.4 is 5.32 Å². The van der Waals surface area contributed by atoms with E-state index in [-0.39, 0.29) is 22.2 Å². The predicted octanol–water partition coefficient (Wildman–Crippen LogP) is 4.84. The molecule has 0 saturated heterocycles. The molecule has 0 aliphatic heterocycles. The first kappa shape index (κ1) is 18.5. The van der Waals surface area contributed by atoms with Crippen LogP contribution in [-0.4, -0.2) is 19.8 Å². The lowest BCUT2D eigenvalue weighted by Crippen LogP contribution is -2.03. The number of nitrogens with zero attached hydrogens (tertiary/aromatic N) is 4. The molecular formula is C16H10ClN5O4S. The third-order valence-electron chi connectivity index (χ3n) is 3.32. The Morgan fingerprint density at radius 1 is 1.00 bits per heavy atom. The molecule has 0 unspecified atom stereocenters. The summed E-state index contributed by atoms with van der Waals surface area (Å²) in [5.74, 6) is -0.0630. The Morgan fingerprint density at radius 2 is 1.74 bits per heavy atom. The topological polar surface area (TPSA) is 124 Å². The molecule has 27 heavy (non-hydrogen) atoms. The number of halogens is 1. The van der Waals surface area contributed by atoms with Crippen LogP contribution in [0.25, 0.3) is 0 Å². The molecule has 3 aromatic rings. The fourth-order valence-corrected chi connectivity index (χ4v) is 3.13. The van der Waals surface area contributed by atoms with E-state index in [1.807, 2.05) is 0 Å². The van der Waals surface area contributed by atoms with Gasteiger partial charge in [-0.15, -0.1) is 0 Å². The Morgan fingerprint density at radius 3 is 2.41 bits per heavy atom. The summed E-state index contributed by atoms with van der Waals surface area (Å²) in [6.07, 6.45) is 1.19. The second kappa shape index (κ2) is 7.98. The summed E-state index contributed by atoms with van der Waals surface area (Å²) in [4.78, 5) is 30.0. The zero-order valence-electron chi connectivity index (χ0n) is 13.4. The molecule has 0 saturated carbocycles. The monoisotopic (exact) mass is 403 g/mol. The van der Waals surface area contributed by atoms with Gasteiger partial charge >= 0.3 is 5.69 Å². The number of anilines is 2. The maximum absolute atomic E-state index is 11.6. The first-order valence-corrected chi connectivity index (χ1v) is 8.58. The zero-order valence-corrected chi connectivity index (χ0v) is 15.0. The molecular weight excluding hydrogens is 394 g/mol. The Bertz CT molecular complexity index is 1020. The van der Waals surface area contributed by atoms with Crippen LogP contribution in [0.5, 0.6) is 0 Å². The van der Waals surface area contributed by atoms with Crippen molar-refractivity contribution in [2.75, 3.05) is 5.32 Å². The van der Waals surface area contributed by atoms with Gasteiger partial charge in [0.1, 0.15) is 6.33 Å². The van der Waals surface area contributed by atoms with Crippen molar-refractivity contribution < 1.29 is 9.85 Å². The Hall–Kier alpha value is -3.24. The normalized spacial score (nSPS) is 10.4. The standard InChI is InChI=1S/C16H10ClN5O4S/c17-10-4-6-13(7-5-10)27-16-14(22(25)26)15(18-9-19-16)20-11-2-1-3-12(8-11)21(23)24/h1-9H,(H,18,19,20). The highest BCUT2D eigenvalue weighted by molar-refractivity contribution is 7.99. The van der Waals surface area contributed by atoms with Gasteiger partial charge in [0.2, 0.25) is 5.82 Å². The molecule has 0 radical (unpaired) electrons. The Kier molecular flexibility index (Phi) is 5.48. The number of nitro benzene ring substituents is 1. The van der Waals surface area contributed by atoms with Gasteiger partial charge in [0.05, 0.1) is 9.85 Å². The number of hydrogen-bond acceptors (Lipinski definition) is 8. The number of nitro groups is 2. The minimum absolute atomic E-state index is 0.0630. The predicted molar refractivity (Wildman–Crippen MR) is 101 cm³/mol. The third-order valence-corrected chi connectivity index (χ3v) is 4.57. The molecule has 2 aromatic carbocycles. The van der Waals surface area contributed by atoms with E-state index >= 15 is 0 Å². The van der Waals surface area contributed by atoms with Gasteiger partial charge in [0.15, 0.2) is 5.03 Å². The lowest BCUT2D eigenvalue weighted by Gasteiger charge is -2.08. The van der Waals surface area contributed by atoms with Crippen molar-refractivity contribution in [3.63, 3.8) is 0 Å². The van der Waals surface area contributed by atoms with Gasteiger partial charge in [-0.25, -0.2) is 9.97 Å². The average Bonchev–Trinajstić information content (AvgIpc) is 2.64. The van der Waals surface area contributed by atoms with Crippen LogP contribution in [0.4, 0.5) is 22.9 Å². The fourth-order valence-electron chi connectivity index (χ4n) is 2.14. The lowest BCUT2D eigenvalue weighted by molar-refractivity contribution is -0.387. The van der Waals surface area contributed by atoms with Crippen molar-refractivity contribution in [2.24, 2.45) is 0 Å². The first-order valence-electron chi connectivity index (χ1n) is 7.38. The van der Waals surface area contributed by atoms with Crippen molar-refractivity contribution in [1.29, 1.82) is 0 Å². The number of hydrogen-bond donors (Lipinski definition) is 1. The first-order chi connectivity index (χ1) is 12.9. The fraction of sp³-hybridized carbons (Fsp3) is 0. The number of rotatable bonds is 6. The van der Waals surface area contributed by atoms with Crippen molar-refractivity contribution in [1.82, 2.24) is 9.97 Å². The van der Waals surface area contributed by atoms with E-state index in [2.05, 4.69) is 15.3 Å². The Balaban J connectivity index is 1.96. The van der Waals surface area contributed by atoms with Crippen LogP contribution in [0.2, 0.25) is 5.02 Å². The molecule has 136 valence electrons. The van der Waals surface area contributed by atoms with Crippen LogP contribution >= 0.6 is 23.4 Å². The second-order valence-electron chi connectivity index (χ2n) is 5.12. The highest BCUT2D eigenvalue weighted by Gasteiger charge is 2.24. The van der Waals surface area contributed by atoms with E-state index in [0.29, 0.717) is 15.6 Å². The summed E-state index contributed by atoms with van der Waals surface area (Å²) in [6, 6.07) is 12.4. The maximum atomic E-state index is 11.6. The summed E-state index contributed by atoms with van der Waals surface area (Å²) < 4.78 is 0. The van der Waals surface area contributed by atoms with Crippen molar-refractivity contribution in [3.05, 3.63) is 80.1 Å². The molecule has 0 aliphatic carbocycles. The summed E-state index contributed by atoms with van der Waals surface area (Å²) >= 11 is 6.93. The highest BCUT2D eigenvalue weighted by Crippen LogP contribution is 2.37. The minimum atomic E-state index is -0.599. The molecule has 0 atom stereocenters. The molecule has 1 heterocycles. The number of non-ortho nitro benzene ring substituents is 1. The van der Waals surface area contributed by atoms with E-state index in [0.717, 1.165) is 11.8 Å². The van der Waals surface area contributed by atoms with Gasteiger partial charge in [0, 0.05) is 27.7 Å². The number of benzene rings is 2. The van der Waals surface area contributed by atoms with Gasteiger partial charge in [-0.05, 0) is 30.3 Å². The van der Waals surface area contributed by atoms with Gasteiger partial charge < -0.3 is 5.32 Å². The van der Waals surface area contributed by atoms with Crippen LogP contribution in [0.15, 0.2) is 64.8 Å². The maximum Gasteiger partial charge on any atom is 0.343 e. The summed E-state index contributed by atoms with van der Waals surface area (Å²) in [5, 5.41) is 25.9. The SMILES string of the molecule is O=[N+]([O-])c1cccc(Nc2ncnc(Sc3ccc(Cl)cc3)c2[N+](=O)[O-])c1. The van der Waals surface area contributed by atoms with Crippen LogP contribution in [0.1, 0.15) is 0 Å². The highest BCUT2D eigenvalue weighted by atomic mass is 35.5. The quantitative estimate of drug-likeness (QED) is 0.352. The van der Waals surface area contributed by atoms with Crippen molar-refractivity contribution >= 4 is 46.2 Å². The zero-order chi connectivity index (χ0) is 19.4. The minimum Gasteiger partial charge on any atom is -0.334 e. The second-order valence-corrected chi connectivity index (χ2v) is 6.62. The van der Waals surface area contributed by atoms with E-state index in [9.17, 15) is 20.2 Å². The van der Waals surface area contributed by atoms with Crippen LogP contribution in [0.3, 0.4) is 0 Å². The molecule has 0 spiro atoms. The van der Waals surface area contributed by atoms with E-state index < -0.39 is 9.85 Å². The molecule has 11 heteroatoms. The lowest BCUT2D eigenvalue weighted by atomic mass is 10.3. The molecule has 0 bridgehead atoms. The van der Waals surface area contributed by atoms with Gasteiger partial charge in [-0.3, -0.25) is 20.2 Å². The van der Waals surface area contributed by atoms with Gasteiger partial charge in [-0.2, -0.15) is 0 Å². The summed E-state index contributed by atoms with van der Waals surface area (Å²) in [6.45, 7) is 0. The Labute approximate surface area is 161 Å². The number of nitrogens with one attached hydrogen (secondary N) is 1.